The fraction of sp³-hybridized carbons (Fsp3) is 0.375. The summed E-state index contributed by atoms with van der Waals surface area (Å²) in [5.41, 5.74) is 2.90. The van der Waals surface area contributed by atoms with Crippen LogP contribution in [0, 0.1) is 13.8 Å². The molecule has 0 spiro atoms. The normalized spacial score (nSPS) is 14.4. The molecule has 3 aromatic carbocycles. The lowest BCUT2D eigenvalue weighted by molar-refractivity contribution is -0.140. The van der Waals surface area contributed by atoms with Crippen LogP contribution in [0.5, 0.6) is 0 Å². The van der Waals surface area contributed by atoms with Gasteiger partial charge < -0.3 is 10.2 Å². The molecule has 0 saturated heterocycles. The van der Waals surface area contributed by atoms with Crippen molar-refractivity contribution in [3.05, 3.63) is 93.5 Å². The van der Waals surface area contributed by atoms with Gasteiger partial charge in [-0.25, -0.2) is 8.42 Å². The van der Waals surface area contributed by atoms with Gasteiger partial charge in [0.25, 0.3) is 10.0 Å². The number of carbonyl (C=O) groups excluding carboxylic acids is 2. The van der Waals surface area contributed by atoms with Crippen molar-refractivity contribution in [2.45, 2.75) is 76.4 Å². The third-order valence-electron chi connectivity index (χ3n) is 7.55. The summed E-state index contributed by atoms with van der Waals surface area (Å²) >= 11 is 12.5. The summed E-state index contributed by atoms with van der Waals surface area (Å²) in [6, 6.07) is 17.8. The van der Waals surface area contributed by atoms with Crippen molar-refractivity contribution in [1.82, 2.24) is 10.2 Å². The Bertz CT molecular complexity index is 1500. The Kier molecular flexibility index (Phi) is 10.6. The number of sulfonamides is 1. The molecule has 0 heterocycles. The number of rotatable bonds is 11. The van der Waals surface area contributed by atoms with Crippen LogP contribution in [-0.2, 0) is 26.2 Å². The molecule has 10 heteroatoms. The molecule has 1 atom stereocenters. The van der Waals surface area contributed by atoms with Crippen LogP contribution < -0.4 is 9.62 Å². The number of anilines is 1. The van der Waals surface area contributed by atoms with Crippen LogP contribution in [0.3, 0.4) is 0 Å². The highest BCUT2D eigenvalue weighted by molar-refractivity contribution is 7.92. The van der Waals surface area contributed by atoms with Gasteiger partial charge in [-0.3, -0.25) is 13.9 Å². The van der Waals surface area contributed by atoms with Gasteiger partial charge in [-0.1, -0.05) is 90.5 Å². The van der Waals surface area contributed by atoms with Gasteiger partial charge in [0.2, 0.25) is 11.8 Å². The van der Waals surface area contributed by atoms with Crippen LogP contribution >= 0.6 is 23.2 Å². The number of hydrogen-bond acceptors (Lipinski definition) is 4. The monoisotopic (exact) mass is 629 g/mol. The minimum atomic E-state index is -4.22. The number of aryl methyl sites for hydroxylation is 2. The van der Waals surface area contributed by atoms with Gasteiger partial charge in [-0.05, 0) is 69.0 Å². The average Bonchev–Trinajstić information content (AvgIpc) is 3.44. The molecular weight excluding hydrogens is 593 g/mol. The zero-order chi connectivity index (χ0) is 30.4. The molecule has 1 N–H and O–H groups in total. The number of nitrogens with one attached hydrogen (secondary N) is 1. The second kappa shape index (κ2) is 13.9. The summed E-state index contributed by atoms with van der Waals surface area (Å²) < 4.78 is 29.1. The van der Waals surface area contributed by atoms with E-state index in [1.54, 1.807) is 12.1 Å². The predicted molar refractivity (Wildman–Crippen MR) is 168 cm³/mol. The molecule has 0 aliphatic heterocycles. The summed E-state index contributed by atoms with van der Waals surface area (Å²) in [5, 5.41) is 3.58. The molecule has 224 valence electrons. The lowest BCUT2D eigenvalue weighted by atomic mass is 10.1. The van der Waals surface area contributed by atoms with Crippen LogP contribution in [0.15, 0.2) is 71.6 Å². The second-order valence-electron chi connectivity index (χ2n) is 10.9. The second-order valence-corrected chi connectivity index (χ2v) is 13.6. The van der Waals surface area contributed by atoms with Gasteiger partial charge in [0.15, 0.2) is 0 Å². The third kappa shape index (κ3) is 7.85. The van der Waals surface area contributed by atoms with Crippen molar-refractivity contribution < 1.29 is 18.0 Å². The third-order valence-corrected chi connectivity index (χ3v) is 9.77. The molecule has 2 amide bonds. The van der Waals surface area contributed by atoms with Gasteiger partial charge in [0.1, 0.15) is 12.6 Å². The minimum Gasteiger partial charge on any atom is -0.352 e. The number of halogens is 2. The standard InChI is InChI=1S/C32H37Cl2N3O4S/c1-4-30(32(39)35-27-10-5-6-11-27)36(20-24-9-7-8-23(3)16-24)31(38)21-37(28-18-25(33)17-26(34)19-28)42(40,41)29-14-12-22(2)13-15-29/h7-9,12-19,27,30H,4-6,10-11,20-21H2,1-3H3,(H,35,39). The van der Waals surface area contributed by atoms with Crippen molar-refractivity contribution in [3.63, 3.8) is 0 Å². The van der Waals surface area contributed by atoms with Crippen molar-refractivity contribution in [2.75, 3.05) is 10.8 Å². The molecule has 1 aliphatic carbocycles. The molecule has 7 nitrogen and oxygen atoms in total. The fourth-order valence-corrected chi connectivity index (χ4v) is 7.26. The van der Waals surface area contributed by atoms with Gasteiger partial charge >= 0.3 is 0 Å². The number of benzene rings is 3. The summed E-state index contributed by atoms with van der Waals surface area (Å²) in [5.74, 6) is -0.749. The highest BCUT2D eigenvalue weighted by atomic mass is 35.5. The van der Waals surface area contributed by atoms with Crippen LogP contribution in [0.1, 0.15) is 55.7 Å². The van der Waals surface area contributed by atoms with Crippen molar-refractivity contribution >= 4 is 50.7 Å². The number of carbonyl (C=O) groups is 2. The van der Waals surface area contributed by atoms with E-state index >= 15 is 0 Å². The summed E-state index contributed by atoms with van der Waals surface area (Å²) in [7, 11) is -4.22. The Morgan fingerprint density at radius 2 is 1.57 bits per heavy atom. The van der Waals surface area contributed by atoms with E-state index in [0.717, 1.165) is 46.7 Å². The zero-order valence-electron chi connectivity index (χ0n) is 24.1. The van der Waals surface area contributed by atoms with E-state index in [2.05, 4.69) is 5.32 Å². The number of nitrogens with zero attached hydrogens (tertiary/aromatic N) is 2. The van der Waals surface area contributed by atoms with E-state index in [9.17, 15) is 18.0 Å². The molecule has 4 rings (SSSR count). The van der Waals surface area contributed by atoms with Crippen LogP contribution in [0.25, 0.3) is 0 Å². The SMILES string of the molecule is CCC(C(=O)NC1CCCC1)N(Cc1cccc(C)c1)C(=O)CN(c1cc(Cl)cc(Cl)c1)S(=O)(=O)c1ccc(C)cc1. The highest BCUT2D eigenvalue weighted by Crippen LogP contribution is 2.30. The van der Waals surface area contributed by atoms with E-state index in [1.807, 2.05) is 45.0 Å². The smallest absolute Gasteiger partial charge is 0.264 e. The lowest BCUT2D eigenvalue weighted by Gasteiger charge is -2.34. The van der Waals surface area contributed by atoms with E-state index in [4.69, 9.17) is 23.2 Å². The van der Waals surface area contributed by atoms with Crippen LogP contribution in [-0.4, -0.2) is 43.8 Å². The van der Waals surface area contributed by atoms with Gasteiger partial charge in [-0.2, -0.15) is 0 Å². The van der Waals surface area contributed by atoms with E-state index in [-0.39, 0.29) is 39.1 Å². The number of amides is 2. The van der Waals surface area contributed by atoms with Gasteiger partial charge in [-0.15, -0.1) is 0 Å². The summed E-state index contributed by atoms with van der Waals surface area (Å²) in [6.45, 7) is 5.27. The molecule has 0 bridgehead atoms. The summed E-state index contributed by atoms with van der Waals surface area (Å²) in [4.78, 5) is 29.3. The Morgan fingerprint density at radius 1 is 0.929 bits per heavy atom. The first kappa shape index (κ1) is 31.9. The first-order valence-corrected chi connectivity index (χ1v) is 16.4. The minimum absolute atomic E-state index is 0.0215. The molecule has 1 aliphatic rings. The molecule has 1 fully saturated rings. The highest BCUT2D eigenvalue weighted by Gasteiger charge is 2.34. The molecular formula is C32H37Cl2N3O4S. The quantitative estimate of drug-likeness (QED) is 0.256. The topological polar surface area (TPSA) is 86.8 Å². The Morgan fingerprint density at radius 3 is 2.17 bits per heavy atom. The van der Waals surface area contributed by atoms with E-state index in [0.29, 0.717) is 6.42 Å². The van der Waals surface area contributed by atoms with Crippen LogP contribution in [0.4, 0.5) is 5.69 Å². The molecule has 0 aromatic heterocycles. The fourth-order valence-electron chi connectivity index (χ4n) is 5.34. The first-order valence-electron chi connectivity index (χ1n) is 14.2. The average molecular weight is 631 g/mol. The van der Waals surface area contributed by atoms with E-state index < -0.39 is 28.5 Å². The van der Waals surface area contributed by atoms with Gasteiger partial charge in [0.05, 0.1) is 10.6 Å². The largest absolute Gasteiger partial charge is 0.352 e. The maximum absolute atomic E-state index is 14.2. The maximum atomic E-state index is 14.2. The predicted octanol–water partition coefficient (Wildman–Crippen LogP) is 6.67. The summed E-state index contributed by atoms with van der Waals surface area (Å²) in [6.07, 6.45) is 4.30. The Labute approximate surface area is 258 Å². The molecule has 3 aromatic rings. The van der Waals surface area contributed by atoms with Crippen molar-refractivity contribution in [2.24, 2.45) is 0 Å². The van der Waals surface area contributed by atoms with Crippen molar-refractivity contribution in [1.29, 1.82) is 0 Å². The number of hydrogen-bond donors (Lipinski definition) is 1. The first-order chi connectivity index (χ1) is 20.0. The van der Waals surface area contributed by atoms with Gasteiger partial charge in [0, 0.05) is 22.6 Å². The Balaban J connectivity index is 1.74. The van der Waals surface area contributed by atoms with Crippen molar-refractivity contribution in [3.8, 4) is 0 Å². The van der Waals surface area contributed by atoms with Crippen LogP contribution in [0.2, 0.25) is 10.0 Å². The molecule has 42 heavy (non-hydrogen) atoms. The van der Waals surface area contributed by atoms with E-state index in [1.165, 1.54) is 35.2 Å². The Hall–Kier alpha value is -3.07. The molecule has 1 saturated carbocycles. The zero-order valence-corrected chi connectivity index (χ0v) is 26.5. The maximum Gasteiger partial charge on any atom is 0.264 e. The molecule has 0 radical (unpaired) electrons. The molecule has 1 unspecified atom stereocenters. The lowest BCUT2D eigenvalue weighted by Crippen LogP contribution is -2.53.